The minimum absolute atomic E-state index is 0.221. The average molecular weight is 269 g/mol. The van der Waals surface area contributed by atoms with Crippen LogP contribution >= 0.6 is 0 Å². The molecule has 0 radical (unpaired) electrons. The topological polar surface area (TPSA) is 38.3 Å². The second-order valence-electron chi connectivity index (χ2n) is 5.71. The summed E-state index contributed by atoms with van der Waals surface area (Å²) in [5.41, 5.74) is 0. The maximum Gasteiger partial charge on any atom is 0.220 e. The molecule has 1 fully saturated rings. The summed E-state index contributed by atoms with van der Waals surface area (Å²) < 4.78 is 5.46. The van der Waals surface area contributed by atoms with E-state index in [-0.39, 0.29) is 5.91 Å². The number of carbonyl (C=O) groups is 1. The summed E-state index contributed by atoms with van der Waals surface area (Å²) in [6, 6.07) is 0. The van der Waals surface area contributed by atoms with E-state index >= 15 is 0 Å². The molecule has 19 heavy (non-hydrogen) atoms. The summed E-state index contributed by atoms with van der Waals surface area (Å²) >= 11 is 0. The van der Waals surface area contributed by atoms with Crippen molar-refractivity contribution in [2.45, 2.75) is 71.1 Å². The highest BCUT2D eigenvalue weighted by Gasteiger charge is 2.14. The molecule has 1 amide bonds. The van der Waals surface area contributed by atoms with Gasteiger partial charge in [-0.1, -0.05) is 45.4 Å². The molecule has 0 atom stereocenters. The van der Waals surface area contributed by atoms with Gasteiger partial charge in [-0.05, 0) is 25.2 Å². The van der Waals surface area contributed by atoms with Crippen LogP contribution in [0.2, 0.25) is 0 Å². The molecule has 1 rings (SSSR count). The first kappa shape index (κ1) is 16.5. The summed E-state index contributed by atoms with van der Waals surface area (Å²) in [5.74, 6) is 1.02. The highest BCUT2D eigenvalue weighted by molar-refractivity contribution is 5.75. The van der Waals surface area contributed by atoms with Crippen LogP contribution in [-0.2, 0) is 9.53 Å². The Morgan fingerprint density at radius 2 is 1.89 bits per heavy atom. The van der Waals surface area contributed by atoms with Crippen molar-refractivity contribution in [3.63, 3.8) is 0 Å². The minimum Gasteiger partial charge on any atom is -0.381 e. The van der Waals surface area contributed by atoms with Crippen LogP contribution in [-0.4, -0.2) is 25.7 Å². The second kappa shape index (κ2) is 11.3. The van der Waals surface area contributed by atoms with Crippen molar-refractivity contribution >= 4 is 5.91 Å². The maximum absolute atomic E-state index is 11.7. The monoisotopic (exact) mass is 269 g/mol. The molecule has 3 nitrogen and oxygen atoms in total. The van der Waals surface area contributed by atoms with Gasteiger partial charge in [0.25, 0.3) is 0 Å². The Balaban J connectivity index is 1.87. The lowest BCUT2D eigenvalue weighted by atomic mass is 9.86. The van der Waals surface area contributed by atoms with Gasteiger partial charge in [0, 0.05) is 26.2 Å². The molecule has 3 heteroatoms. The fraction of sp³-hybridized carbons (Fsp3) is 0.938. The Morgan fingerprint density at radius 1 is 1.16 bits per heavy atom. The van der Waals surface area contributed by atoms with Crippen LogP contribution in [0.25, 0.3) is 0 Å². The van der Waals surface area contributed by atoms with Crippen molar-refractivity contribution in [2.75, 3.05) is 19.8 Å². The number of amides is 1. The summed E-state index contributed by atoms with van der Waals surface area (Å²) in [6.07, 6.45) is 11.8. The number of nitrogens with one attached hydrogen (secondary N) is 1. The molecule has 0 aromatic heterocycles. The van der Waals surface area contributed by atoms with Gasteiger partial charge in [-0.3, -0.25) is 4.79 Å². The van der Waals surface area contributed by atoms with Gasteiger partial charge in [0.05, 0.1) is 0 Å². The quantitative estimate of drug-likeness (QED) is 0.615. The molecule has 1 aliphatic carbocycles. The van der Waals surface area contributed by atoms with E-state index in [2.05, 4.69) is 12.2 Å². The fourth-order valence-corrected chi connectivity index (χ4v) is 2.65. The van der Waals surface area contributed by atoms with Gasteiger partial charge in [-0.25, -0.2) is 0 Å². The van der Waals surface area contributed by atoms with Crippen molar-refractivity contribution in [3.8, 4) is 0 Å². The smallest absolute Gasteiger partial charge is 0.220 e. The van der Waals surface area contributed by atoms with Crippen LogP contribution in [0.5, 0.6) is 0 Å². The molecule has 0 heterocycles. The Bertz CT molecular complexity index is 225. The van der Waals surface area contributed by atoms with Gasteiger partial charge in [-0.2, -0.15) is 0 Å². The molecular weight excluding hydrogens is 238 g/mol. The molecule has 1 aliphatic rings. The van der Waals surface area contributed by atoms with Crippen molar-refractivity contribution < 1.29 is 9.53 Å². The van der Waals surface area contributed by atoms with Crippen LogP contribution in [0.15, 0.2) is 0 Å². The van der Waals surface area contributed by atoms with E-state index in [0.29, 0.717) is 6.42 Å². The zero-order valence-corrected chi connectivity index (χ0v) is 12.6. The summed E-state index contributed by atoms with van der Waals surface area (Å²) in [4.78, 5) is 11.7. The van der Waals surface area contributed by atoms with Crippen LogP contribution in [0.4, 0.5) is 0 Å². The molecular formula is C16H31NO2. The van der Waals surface area contributed by atoms with Gasteiger partial charge in [-0.15, -0.1) is 0 Å². The third-order valence-electron chi connectivity index (χ3n) is 3.93. The highest BCUT2D eigenvalue weighted by atomic mass is 16.5. The summed E-state index contributed by atoms with van der Waals surface area (Å²) in [5, 5.41) is 2.99. The predicted molar refractivity (Wildman–Crippen MR) is 79.2 cm³/mol. The Morgan fingerprint density at radius 3 is 2.63 bits per heavy atom. The van der Waals surface area contributed by atoms with Crippen molar-refractivity contribution in [1.29, 1.82) is 0 Å². The van der Waals surface area contributed by atoms with Crippen molar-refractivity contribution in [1.82, 2.24) is 5.32 Å². The fourth-order valence-electron chi connectivity index (χ4n) is 2.65. The highest BCUT2D eigenvalue weighted by Crippen LogP contribution is 2.27. The number of carbonyl (C=O) groups excluding carboxylic acids is 1. The maximum atomic E-state index is 11.7. The molecule has 0 unspecified atom stereocenters. The number of hydrogen-bond acceptors (Lipinski definition) is 2. The largest absolute Gasteiger partial charge is 0.381 e. The normalized spacial score (nSPS) is 16.5. The van der Waals surface area contributed by atoms with E-state index in [9.17, 15) is 4.79 Å². The lowest BCUT2D eigenvalue weighted by Gasteiger charge is -2.20. The lowest BCUT2D eigenvalue weighted by molar-refractivity contribution is -0.121. The molecule has 0 bridgehead atoms. The first-order valence-corrected chi connectivity index (χ1v) is 8.17. The molecule has 1 N–H and O–H groups in total. The van der Waals surface area contributed by atoms with Gasteiger partial charge in [0.15, 0.2) is 0 Å². The third kappa shape index (κ3) is 9.04. The van der Waals surface area contributed by atoms with Crippen LogP contribution in [0.3, 0.4) is 0 Å². The molecule has 0 saturated heterocycles. The molecule has 1 saturated carbocycles. The Hall–Kier alpha value is -0.570. The first-order valence-electron chi connectivity index (χ1n) is 8.17. The van der Waals surface area contributed by atoms with Gasteiger partial charge < -0.3 is 10.1 Å². The van der Waals surface area contributed by atoms with Crippen LogP contribution in [0, 0.1) is 5.92 Å². The molecule has 0 spiro atoms. The van der Waals surface area contributed by atoms with Crippen LogP contribution < -0.4 is 5.32 Å². The molecule has 0 aromatic carbocycles. The van der Waals surface area contributed by atoms with Crippen molar-refractivity contribution in [3.05, 3.63) is 0 Å². The average Bonchev–Trinajstić information content (AvgIpc) is 2.45. The SMILES string of the molecule is CCCCOCCCNC(=O)CCC1CCCCC1. The number of ether oxygens (including phenoxy) is 1. The number of rotatable bonds is 10. The number of unbranched alkanes of at least 4 members (excludes halogenated alkanes) is 1. The van der Waals surface area contributed by atoms with E-state index in [1.54, 1.807) is 0 Å². The zero-order valence-electron chi connectivity index (χ0n) is 12.6. The molecule has 0 aromatic rings. The summed E-state index contributed by atoms with van der Waals surface area (Å²) in [6.45, 7) is 4.54. The van der Waals surface area contributed by atoms with E-state index in [1.807, 2.05) is 0 Å². The van der Waals surface area contributed by atoms with Gasteiger partial charge >= 0.3 is 0 Å². The van der Waals surface area contributed by atoms with E-state index in [1.165, 1.54) is 38.5 Å². The minimum atomic E-state index is 0.221. The van der Waals surface area contributed by atoms with E-state index in [4.69, 9.17) is 4.74 Å². The standard InChI is InChI=1S/C16H31NO2/c1-2-3-13-19-14-7-12-17-16(18)11-10-15-8-5-4-6-9-15/h15H,2-14H2,1H3,(H,17,18). The van der Waals surface area contributed by atoms with E-state index < -0.39 is 0 Å². The first-order chi connectivity index (χ1) is 9.33. The lowest BCUT2D eigenvalue weighted by Crippen LogP contribution is -2.25. The third-order valence-corrected chi connectivity index (χ3v) is 3.93. The van der Waals surface area contributed by atoms with Crippen molar-refractivity contribution in [2.24, 2.45) is 5.92 Å². The number of hydrogen-bond donors (Lipinski definition) is 1. The Kier molecular flexibility index (Phi) is 9.78. The zero-order chi connectivity index (χ0) is 13.8. The van der Waals surface area contributed by atoms with Crippen LogP contribution in [0.1, 0.15) is 71.1 Å². The molecule has 0 aliphatic heterocycles. The predicted octanol–water partition coefficient (Wildman–Crippen LogP) is 3.67. The van der Waals surface area contributed by atoms with E-state index in [0.717, 1.165) is 44.9 Å². The Labute approximate surface area is 118 Å². The second-order valence-corrected chi connectivity index (χ2v) is 5.71. The summed E-state index contributed by atoms with van der Waals surface area (Å²) in [7, 11) is 0. The van der Waals surface area contributed by atoms with Gasteiger partial charge in [0.2, 0.25) is 5.91 Å². The van der Waals surface area contributed by atoms with Gasteiger partial charge in [0.1, 0.15) is 0 Å². The molecule has 112 valence electrons.